The van der Waals surface area contributed by atoms with E-state index in [0.29, 0.717) is 11.8 Å². The lowest BCUT2D eigenvalue weighted by Gasteiger charge is -2.01. The second kappa shape index (κ2) is 4.33. The van der Waals surface area contributed by atoms with Crippen LogP contribution in [0.4, 0.5) is 0 Å². The Morgan fingerprint density at radius 3 is 2.87 bits per heavy atom. The molecule has 0 spiro atoms. The Bertz CT molecular complexity index is 484. The van der Waals surface area contributed by atoms with Crippen molar-refractivity contribution in [2.45, 2.75) is 12.8 Å². The summed E-state index contributed by atoms with van der Waals surface area (Å²) in [4.78, 5) is 0. The predicted octanol–water partition coefficient (Wildman–Crippen LogP) is 3.55. The number of alkyl halides is 1. The van der Waals surface area contributed by atoms with E-state index in [9.17, 15) is 0 Å². The van der Waals surface area contributed by atoms with Crippen LogP contribution >= 0.6 is 27.5 Å². The first-order chi connectivity index (χ1) is 7.22. The molecule has 78 valence electrons. The van der Waals surface area contributed by atoms with E-state index >= 15 is 0 Å². The Morgan fingerprint density at radius 2 is 2.20 bits per heavy atom. The van der Waals surface area contributed by atoms with Gasteiger partial charge in [-0.1, -0.05) is 12.1 Å². The summed E-state index contributed by atoms with van der Waals surface area (Å²) in [6.07, 6.45) is 0. The van der Waals surface area contributed by atoms with Crippen molar-refractivity contribution in [3.8, 4) is 11.5 Å². The fourth-order valence-corrected chi connectivity index (χ4v) is 1.77. The molecule has 0 N–H and O–H groups in total. The molecule has 1 heterocycles. The van der Waals surface area contributed by atoms with Crippen molar-refractivity contribution in [3.63, 3.8) is 0 Å². The lowest BCUT2D eigenvalue weighted by molar-refractivity contribution is 0.527. The minimum atomic E-state index is 0.233. The van der Waals surface area contributed by atoms with Gasteiger partial charge in [0.15, 0.2) is 0 Å². The summed E-state index contributed by atoms with van der Waals surface area (Å²) in [5.74, 6) is 1.15. The van der Waals surface area contributed by atoms with E-state index in [2.05, 4.69) is 26.1 Å². The van der Waals surface area contributed by atoms with Crippen LogP contribution in [0.2, 0.25) is 0 Å². The molecule has 0 unspecified atom stereocenters. The van der Waals surface area contributed by atoms with Gasteiger partial charge in [0, 0.05) is 4.47 Å². The monoisotopic (exact) mass is 286 g/mol. The molecule has 1 aromatic heterocycles. The van der Waals surface area contributed by atoms with E-state index in [-0.39, 0.29) is 5.88 Å². The van der Waals surface area contributed by atoms with E-state index in [1.165, 1.54) is 0 Å². The second-order valence-electron chi connectivity index (χ2n) is 3.07. The maximum atomic E-state index is 5.59. The van der Waals surface area contributed by atoms with Gasteiger partial charge in [0.25, 0.3) is 0 Å². The molecule has 0 bridgehead atoms. The number of halogens is 2. The highest BCUT2D eigenvalue weighted by Gasteiger charge is 2.11. The van der Waals surface area contributed by atoms with Gasteiger partial charge in [-0.15, -0.1) is 21.8 Å². The Labute approximate surface area is 101 Å². The van der Waals surface area contributed by atoms with Gasteiger partial charge in [-0.05, 0) is 34.5 Å². The topological polar surface area (TPSA) is 38.9 Å². The van der Waals surface area contributed by atoms with E-state index < -0.39 is 0 Å². The van der Waals surface area contributed by atoms with Gasteiger partial charge in [0.1, 0.15) is 5.88 Å². The Kier molecular flexibility index (Phi) is 3.07. The average Bonchev–Trinajstić information content (AvgIpc) is 2.70. The summed E-state index contributed by atoms with van der Waals surface area (Å²) < 4.78 is 6.34. The number of hydrogen-bond acceptors (Lipinski definition) is 3. The molecule has 5 heteroatoms. The Hall–Kier alpha value is -0.870. The van der Waals surface area contributed by atoms with Gasteiger partial charge >= 0.3 is 0 Å². The number of nitrogens with zero attached hydrogens (tertiary/aromatic N) is 2. The minimum absolute atomic E-state index is 0.233. The fraction of sp³-hybridized carbons (Fsp3) is 0.200. The van der Waals surface area contributed by atoms with Crippen LogP contribution in [-0.4, -0.2) is 10.2 Å². The summed E-state index contributed by atoms with van der Waals surface area (Å²) >= 11 is 9.08. The van der Waals surface area contributed by atoms with Crippen LogP contribution in [0.25, 0.3) is 11.5 Å². The zero-order chi connectivity index (χ0) is 10.8. The zero-order valence-electron chi connectivity index (χ0n) is 8.00. The second-order valence-corrected chi connectivity index (χ2v) is 4.13. The first-order valence-corrected chi connectivity index (χ1v) is 5.69. The summed E-state index contributed by atoms with van der Waals surface area (Å²) in [6, 6.07) is 5.87. The van der Waals surface area contributed by atoms with E-state index in [4.69, 9.17) is 16.0 Å². The molecule has 0 radical (unpaired) electrons. The highest BCUT2D eigenvalue weighted by atomic mass is 79.9. The third kappa shape index (κ3) is 2.06. The van der Waals surface area contributed by atoms with Crippen LogP contribution in [0.3, 0.4) is 0 Å². The lowest BCUT2D eigenvalue weighted by Crippen LogP contribution is -1.83. The lowest BCUT2D eigenvalue weighted by atomic mass is 10.1. The molecule has 0 atom stereocenters. The molecule has 2 aromatic rings. The smallest absolute Gasteiger partial charge is 0.248 e. The average molecular weight is 288 g/mol. The van der Waals surface area contributed by atoms with E-state index in [1.54, 1.807) is 0 Å². The van der Waals surface area contributed by atoms with Gasteiger partial charge in [-0.3, -0.25) is 0 Å². The molecule has 0 aliphatic heterocycles. The van der Waals surface area contributed by atoms with Gasteiger partial charge in [-0.25, -0.2) is 0 Å². The molecule has 0 saturated carbocycles. The summed E-state index contributed by atoms with van der Waals surface area (Å²) in [5.41, 5.74) is 2.01. The van der Waals surface area contributed by atoms with Crippen LogP contribution < -0.4 is 0 Å². The fourth-order valence-electron chi connectivity index (χ4n) is 1.23. The number of hydrogen-bond donors (Lipinski definition) is 0. The number of benzene rings is 1. The predicted molar refractivity (Wildman–Crippen MR) is 61.7 cm³/mol. The third-order valence-electron chi connectivity index (χ3n) is 2.00. The van der Waals surface area contributed by atoms with Crippen molar-refractivity contribution in [2.24, 2.45) is 0 Å². The molecule has 2 rings (SSSR count). The van der Waals surface area contributed by atoms with Crippen molar-refractivity contribution in [1.29, 1.82) is 0 Å². The van der Waals surface area contributed by atoms with Gasteiger partial charge in [0.05, 0.1) is 5.56 Å². The largest absolute Gasteiger partial charge is 0.419 e. The molecule has 0 fully saturated rings. The van der Waals surface area contributed by atoms with Crippen molar-refractivity contribution >= 4 is 27.5 Å². The number of aryl methyl sites for hydroxylation is 1. The molecular weight excluding hydrogens is 279 g/mol. The molecule has 3 nitrogen and oxygen atoms in total. The summed E-state index contributed by atoms with van der Waals surface area (Å²) in [7, 11) is 0. The van der Waals surface area contributed by atoms with Crippen molar-refractivity contribution in [1.82, 2.24) is 10.2 Å². The first kappa shape index (κ1) is 10.6. The SMILES string of the molecule is Cc1cccc(-c2nnc(CCl)o2)c1Br. The standard InChI is InChI=1S/C10H8BrClN2O/c1-6-3-2-4-7(9(6)11)10-14-13-8(5-12)15-10/h2-4H,5H2,1H3. The molecule has 1 aromatic carbocycles. The maximum absolute atomic E-state index is 5.59. The normalized spacial score (nSPS) is 10.6. The molecule has 15 heavy (non-hydrogen) atoms. The van der Waals surface area contributed by atoms with Crippen LogP contribution in [0.1, 0.15) is 11.5 Å². The van der Waals surface area contributed by atoms with Crippen molar-refractivity contribution in [2.75, 3.05) is 0 Å². The molecular formula is C10H8BrClN2O. The van der Waals surface area contributed by atoms with Crippen LogP contribution in [0, 0.1) is 6.92 Å². The van der Waals surface area contributed by atoms with E-state index in [0.717, 1.165) is 15.6 Å². The summed E-state index contributed by atoms with van der Waals surface area (Å²) in [6.45, 7) is 2.01. The van der Waals surface area contributed by atoms with Crippen LogP contribution in [-0.2, 0) is 5.88 Å². The highest BCUT2D eigenvalue weighted by molar-refractivity contribution is 9.10. The number of aromatic nitrogens is 2. The first-order valence-electron chi connectivity index (χ1n) is 4.36. The quantitative estimate of drug-likeness (QED) is 0.793. The van der Waals surface area contributed by atoms with Crippen molar-refractivity contribution < 1.29 is 4.42 Å². The van der Waals surface area contributed by atoms with Crippen LogP contribution in [0.15, 0.2) is 27.1 Å². The minimum Gasteiger partial charge on any atom is -0.419 e. The van der Waals surface area contributed by atoms with Gasteiger partial charge < -0.3 is 4.42 Å². The summed E-state index contributed by atoms with van der Waals surface area (Å²) in [5, 5.41) is 7.74. The zero-order valence-corrected chi connectivity index (χ0v) is 10.3. The highest BCUT2D eigenvalue weighted by Crippen LogP contribution is 2.29. The van der Waals surface area contributed by atoms with E-state index in [1.807, 2.05) is 25.1 Å². The van der Waals surface area contributed by atoms with Gasteiger partial charge in [-0.2, -0.15) is 0 Å². The third-order valence-corrected chi connectivity index (χ3v) is 3.28. The van der Waals surface area contributed by atoms with Gasteiger partial charge in [0.2, 0.25) is 11.8 Å². The molecule has 0 amide bonds. The number of rotatable bonds is 2. The van der Waals surface area contributed by atoms with Crippen molar-refractivity contribution in [3.05, 3.63) is 34.1 Å². The molecule has 0 aliphatic rings. The Morgan fingerprint density at radius 1 is 1.40 bits per heavy atom. The van der Waals surface area contributed by atoms with Crippen LogP contribution in [0.5, 0.6) is 0 Å². The Balaban J connectivity index is 2.49. The maximum Gasteiger partial charge on any atom is 0.248 e. The molecule has 0 saturated heterocycles. The molecule has 0 aliphatic carbocycles.